The Morgan fingerprint density at radius 2 is 1.84 bits per heavy atom. The molecule has 0 unspecified atom stereocenters. The zero-order valence-corrected chi connectivity index (χ0v) is 17.2. The number of rotatable bonds is 3. The van der Waals surface area contributed by atoms with Gasteiger partial charge in [-0.05, 0) is 31.0 Å². The number of ether oxygens (including phenoxy) is 1. The lowest BCUT2D eigenvalue weighted by Gasteiger charge is -2.38. The van der Waals surface area contributed by atoms with Crippen LogP contribution in [0, 0.1) is 5.21 Å². The van der Waals surface area contributed by atoms with Gasteiger partial charge in [0.2, 0.25) is 0 Å². The van der Waals surface area contributed by atoms with Gasteiger partial charge in [-0.15, -0.1) is 0 Å². The lowest BCUT2D eigenvalue weighted by molar-refractivity contribution is -0.621. The molecule has 8 nitrogen and oxygen atoms in total. The molecule has 1 spiro atoms. The molecule has 2 aliphatic rings. The largest absolute Gasteiger partial charge is 0.618 e. The number of nitrogens with zero attached hydrogens (tertiary/aromatic N) is 2. The quantitative estimate of drug-likeness (QED) is 0.374. The average Bonchev–Trinajstić information content (AvgIpc) is 3.09. The highest BCUT2D eigenvalue weighted by Crippen LogP contribution is 2.48. The van der Waals surface area contributed by atoms with Crippen LogP contribution in [0.15, 0.2) is 67.0 Å². The summed E-state index contributed by atoms with van der Waals surface area (Å²) in [5.74, 6) is -1.09. The van der Waals surface area contributed by atoms with Crippen molar-refractivity contribution in [3.63, 3.8) is 0 Å². The van der Waals surface area contributed by atoms with E-state index in [4.69, 9.17) is 4.74 Å². The number of aromatic nitrogens is 2. The molecule has 1 fully saturated rings. The molecule has 0 atom stereocenters. The molecule has 3 aromatic rings. The van der Waals surface area contributed by atoms with Gasteiger partial charge < -0.3 is 20.4 Å². The van der Waals surface area contributed by atoms with E-state index in [1.54, 1.807) is 24.4 Å². The Hall–Kier alpha value is -3.78. The van der Waals surface area contributed by atoms with Crippen molar-refractivity contribution in [2.45, 2.75) is 36.9 Å². The normalized spacial score (nSPS) is 24.1. The summed E-state index contributed by atoms with van der Waals surface area (Å²) in [4.78, 5) is 29.6. The molecule has 1 aliphatic heterocycles. The van der Waals surface area contributed by atoms with Crippen LogP contribution < -0.4 is 10.0 Å². The van der Waals surface area contributed by atoms with Crippen molar-refractivity contribution in [1.29, 1.82) is 0 Å². The number of nitrogens with one attached hydrogen (secondary N) is 1. The van der Waals surface area contributed by atoms with Crippen LogP contribution in [-0.4, -0.2) is 27.6 Å². The number of pyridine rings is 2. The van der Waals surface area contributed by atoms with E-state index in [1.165, 1.54) is 12.3 Å². The molecule has 2 aromatic heterocycles. The van der Waals surface area contributed by atoms with E-state index in [-0.39, 0.29) is 36.9 Å². The summed E-state index contributed by atoms with van der Waals surface area (Å²) in [6.07, 6.45) is 3.37. The van der Waals surface area contributed by atoms with Crippen molar-refractivity contribution < 1.29 is 24.2 Å². The average molecular weight is 431 g/mol. The SMILES string of the molecule is O=C1OC2(CCC(O)(C(=O)Nc3ccnc(-c4ccccc4)c3)CC2)c2c1ccc[n+]2[O-]. The van der Waals surface area contributed by atoms with Crippen molar-refractivity contribution in [3.05, 3.63) is 83.5 Å². The van der Waals surface area contributed by atoms with Crippen LogP contribution in [0.5, 0.6) is 0 Å². The maximum atomic E-state index is 13.0. The van der Waals surface area contributed by atoms with Gasteiger partial charge in [-0.1, -0.05) is 30.3 Å². The van der Waals surface area contributed by atoms with Gasteiger partial charge in [0.15, 0.2) is 11.8 Å². The highest BCUT2D eigenvalue weighted by molar-refractivity contribution is 5.98. The minimum absolute atomic E-state index is 0.0527. The summed E-state index contributed by atoms with van der Waals surface area (Å²) < 4.78 is 6.23. The summed E-state index contributed by atoms with van der Waals surface area (Å²) in [5.41, 5.74) is -0.121. The van der Waals surface area contributed by atoms with Gasteiger partial charge in [0.1, 0.15) is 11.2 Å². The second kappa shape index (κ2) is 7.42. The molecule has 0 bridgehead atoms. The maximum absolute atomic E-state index is 13.0. The predicted molar refractivity (Wildman–Crippen MR) is 114 cm³/mol. The number of hydrogen-bond acceptors (Lipinski definition) is 6. The van der Waals surface area contributed by atoms with Crippen LogP contribution in [0.25, 0.3) is 11.3 Å². The summed E-state index contributed by atoms with van der Waals surface area (Å²) >= 11 is 0. The Bertz CT molecular complexity index is 1200. The summed E-state index contributed by atoms with van der Waals surface area (Å²) in [6, 6.07) is 16.0. The molecule has 162 valence electrons. The molecular weight excluding hydrogens is 410 g/mol. The number of esters is 1. The standard InChI is InChI=1S/C24H21N3O5/c28-21-18-7-4-14-27(31)20(18)24(32-21)11-9-23(30,10-12-24)22(29)26-17-8-13-25-19(15-17)16-5-2-1-3-6-16/h1-8,13-15,30H,9-12H2,(H,25,26,29). The van der Waals surface area contributed by atoms with E-state index in [2.05, 4.69) is 10.3 Å². The van der Waals surface area contributed by atoms with E-state index in [0.717, 1.165) is 5.56 Å². The first-order valence-electron chi connectivity index (χ1n) is 10.4. The predicted octanol–water partition coefficient (Wildman–Crippen LogP) is 2.69. The number of benzene rings is 1. The minimum atomic E-state index is -1.64. The van der Waals surface area contributed by atoms with Gasteiger partial charge in [0.05, 0.1) is 5.69 Å². The van der Waals surface area contributed by atoms with E-state index in [9.17, 15) is 19.9 Å². The van der Waals surface area contributed by atoms with Gasteiger partial charge in [-0.25, -0.2) is 4.79 Å². The first-order valence-corrected chi connectivity index (χ1v) is 10.4. The number of carbonyl (C=O) groups is 2. The highest BCUT2D eigenvalue weighted by Gasteiger charge is 2.57. The van der Waals surface area contributed by atoms with E-state index in [1.807, 2.05) is 30.3 Å². The second-order valence-electron chi connectivity index (χ2n) is 8.26. The second-order valence-corrected chi connectivity index (χ2v) is 8.26. The number of amides is 1. The monoisotopic (exact) mass is 431 g/mol. The molecule has 1 aromatic carbocycles. The molecule has 1 saturated carbocycles. The van der Waals surface area contributed by atoms with Crippen molar-refractivity contribution in [1.82, 2.24) is 4.98 Å². The number of fused-ring (bicyclic) bond motifs is 2. The molecule has 2 N–H and O–H groups in total. The fraction of sp³-hybridized carbons (Fsp3) is 0.250. The number of anilines is 1. The first kappa shape index (κ1) is 20.1. The third-order valence-corrected chi connectivity index (χ3v) is 6.29. The van der Waals surface area contributed by atoms with Crippen molar-refractivity contribution >= 4 is 17.6 Å². The Morgan fingerprint density at radius 1 is 1.09 bits per heavy atom. The van der Waals surface area contributed by atoms with Gasteiger partial charge >= 0.3 is 5.97 Å². The van der Waals surface area contributed by atoms with E-state index < -0.39 is 23.1 Å². The summed E-state index contributed by atoms with van der Waals surface area (Å²) in [5, 5.41) is 26.2. The summed E-state index contributed by atoms with van der Waals surface area (Å²) in [7, 11) is 0. The van der Waals surface area contributed by atoms with Crippen LogP contribution >= 0.6 is 0 Å². The fourth-order valence-electron chi connectivity index (χ4n) is 4.54. The Kier molecular flexibility index (Phi) is 4.67. The van der Waals surface area contributed by atoms with Crippen molar-refractivity contribution in [3.8, 4) is 11.3 Å². The third-order valence-electron chi connectivity index (χ3n) is 6.29. The zero-order valence-electron chi connectivity index (χ0n) is 17.2. The van der Waals surface area contributed by atoms with Crippen LogP contribution in [0.4, 0.5) is 5.69 Å². The number of hydrogen-bond donors (Lipinski definition) is 2. The third kappa shape index (κ3) is 3.29. The Morgan fingerprint density at radius 3 is 2.59 bits per heavy atom. The topological polar surface area (TPSA) is 115 Å². The van der Waals surface area contributed by atoms with E-state index in [0.29, 0.717) is 16.1 Å². The number of aliphatic hydroxyl groups is 1. The Labute approximate surface area is 184 Å². The maximum Gasteiger partial charge on any atom is 0.345 e. The van der Waals surface area contributed by atoms with E-state index >= 15 is 0 Å². The molecule has 0 radical (unpaired) electrons. The van der Waals surface area contributed by atoms with Crippen LogP contribution in [0.3, 0.4) is 0 Å². The van der Waals surface area contributed by atoms with Crippen molar-refractivity contribution in [2.75, 3.05) is 5.32 Å². The smallest absolute Gasteiger partial charge is 0.345 e. The molecule has 3 heterocycles. The first-order chi connectivity index (χ1) is 15.4. The minimum Gasteiger partial charge on any atom is -0.618 e. The van der Waals surface area contributed by atoms with Gasteiger partial charge in [-0.3, -0.25) is 9.78 Å². The highest BCUT2D eigenvalue weighted by atomic mass is 16.6. The lowest BCUT2D eigenvalue weighted by Crippen LogP contribution is -2.51. The van der Waals surface area contributed by atoms with Gasteiger partial charge in [0, 0.05) is 36.4 Å². The fourth-order valence-corrected chi connectivity index (χ4v) is 4.54. The van der Waals surface area contributed by atoms with Crippen LogP contribution in [0.2, 0.25) is 0 Å². The molecule has 0 saturated heterocycles. The molecule has 8 heteroatoms. The van der Waals surface area contributed by atoms with Gasteiger partial charge in [-0.2, -0.15) is 4.73 Å². The molecule has 1 amide bonds. The van der Waals surface area contributed by atoms with Crippen LogP contribution in [0.1, 0.15) is 41.7 Å². The molecular formula is C24H21N3O5. The lowest BCUT2D eigenvalue weighted by atomic mass is 9.74. The molecule has 32 heavy (non-hydrogen) atoms. The Balaban J connectivity index is 1.33. The van der Waals surface area contributed by atoms with Gasteiger partial charge in [0.25, 0.3) is 11.6 Å². The zero-order chi connectivity index (χ0) is 22.3. The van der Waals surface area contributed by atoms with Crippen molar-refractivity contribution in [2.24, 2.45) is 0 Å². The summed E-state index contributed by atoms with van der Waals surface area (Å²) in [6.45, 7) is 0. The molecule has 5 rings (SSSR count). The molecule has 1 aliphatic carbocycles. The number of carbonyl (C=O) groups excluding carboxylic acids is 2. The van der Waals surface area contributed by atoms with Crippen LogP contribution in [-0.2, 0) is 15.1 Å².